The molecule has 4 nitrogen and oxygen atoms in total. The summed E-state index contributed by atoms with van der Waals surface area (Å²) in [6.45, 7) is 0.692. The third kappa shape index (κ3) is 3.50. The number of hydrogen-bond acceptors (Lipinski definition) is 2. The molecule has 0 radical (unpaired) electrons. The summed E-state index contributed by atoms with van der Waals surface area (Å²) in [5.74, 6) is -0.560. The quantitative estimate of drug-likeness (QED) is 0.905. The zero-order valence-corrected chi connectivity index (χ0v) is 11.7. The summed E-state index contributed by atoms with van der Waals surface area (Å²) in [7, 11) is 0. The van der Waals surface area contributed by atoms with Gasteiger partial charge in [0.15, 0.2) is 0 Å². The number of halogens is 3. The van der Waals surface area contributed by atoms with Crippen LogP contribution in [-0.2, 0) is 6.18 Å². The van der Waals surface area contributed by atoms with Crippen LogP contribution in [0, 0.1) is 17.2 Å². The number of alkyl halides is 3. The van der Waals surface area contributed by atoms with Crippen LogP contribution in [0.25, 0.3) is 0 Å². The molecule has 1 aromatic carbocycles. The number of nitriles is 1. The number of benzene rings is 1. The summed E-state index contributed by atoms with van der Waals surface area (Å²) < 4.78 is 37.6. The van der Waals surface area contributed by atoms with Gasteiger partial charge in [-0.25, -0.2) is 4.79 Å². The van der Waals surface area contributed by atoms with E-state index in [1.54, 1.807) is 0 Å². The van der Waals surface area contributed by atoms with Gasteiger partial charge in [0.05, 0.1) is 17.6 Å². The molecule has 2 rings (SSSR count). The fourth-order valence-electron chi connectivity index (χ4n) is 2.76. The standard InChI is InChI=1S/C15H15F3N2O2/c16-15(17,18)12-3-1-10(2-4-12)13(9-19)11-5-7-20(8-6-11)14(21)22/h1-4,11,13H,5-8H2,(H,21,22). The number of amides is 1. The smallest absolute Gasteiger partial charge is 0.416 e. The number of rotatable bonds is 2. The maximum absolute atomic E-state index is 12.5. The number of likely N-dealkylation sites (tertiary alicyclic amines) is 1. The fourth-order valence-corrected chi connectivity index (χ4v) is 2.76. The van der Waals surface area contributed by atoms with Gasteiger partial charge in [0, 0.05) is 13.1 Å². The molecule has 1 atom stereocenters. The van der Waals surface area contributed by atoms with Gasteiger partial charge >= 0.3 is 12.3 Å². The van der Waals surface area contributed by atoms with Crippen molar-refractivity contribution in [3.05, 3.63) is 35.4 Å². The monoisotopic (exact) mass is 312 g/mol. The van der Waals surface area contributed by atoms with Crippen molar-refractivity contribution in [3.8, 4) is 6.07 Å². The van der Waals surface area contributed by atoms with E-state index in [2.05, 4.69) is 6.07 Å². The minimum absolute atomic E-state index is 0.0441. The molecule has 22 heavy (non-hydrogen) atoms. The third-order valence-electron chi connectivity index (χ3n) is 4.02. The summed E-state index contributed by atoms with van der Waals surface area (Å²) in [5.41, 5.74) is -0.196. The Bertz CT molecular complexity index is 570. The van der Waals surface area contributed by atoms with E-state index >= 15 is 0 Å². The van der Waals surface area contributed by atoms with Crippen molar-refractivity contribution in [1.29, 1.82) is 5.26 Å². The topological polar surface area (TPSA) is 64.3 Å². The van der Waals surface area contributed by atoms with Crippen molar-refractivity contribution >= 4 is 6.09 Å². The van der Waals surface area contributed by atoms with E-state index in [0.29, 0.717) is 31.5 Å². The minimum atomic E-state index is -4.40. The van der Waals surface area contributed by atoms with Crippen molar-refractivity contribution in [2.45, 2.75) is 24.9 Å². The predicted molar refractivity (Wildman–Crippen MR) is 72.1 cm³/mol. The van der Waals surface area contributed by atoms with Crippen LogP contribution in [0.5, 0.6) is 0 Å². The fraction of sp³-hybridized carbons (Fsp3) is 0.467. The SMILES string of the molecule is N#CC(c1ccc(C(F)(F)F)cc1)C1CCN(C(=O)O)CC1. The van der Waals surface area contributed by atoms with Gasteiger partial charge in [0.2, 0.25) is 0 Å². The number of nitrogens with zero attached hydrogens (tertiary/aromatic N) is 2. The molecule has 7 heteroatoms. The first-order chi connectivity index (χ1) is 10.3. The lowest BCUT2D eigenvalue weighted by Gasteiger charge is -2.32. The second-order valence-corrected chi connectivity index (χ2v) is 5.33. The van der Waals surface area contributed by atoms with Crippen LogP contribution < -0.4 is 0 Å². The Labute approximate surface area is 125 Å². The molecule has 1 unspecified atom stereocenters. The van der Waals surface area contributed by atoms with E-state index in [0.717, 1.165) is 12.1 Å². The summed E-state index contributed by atoms with van der Waals surface area (Å²) in [4.78, 5) is 12.1. The van der Waals surface area contributed by atoms with Crippen LogP contribution in [0.2, 0.25) is 0 Å². The zero-order valence-electron chi connectivity index (χ0n) is 11.7. The van der Waals surface area contributed by atoms with Crippen LogP contribution in [0.15, 0.2) is 24.3 Å². The highest BCUT2D eigenvalue weighted by Gasteiger charge is 2.32. The Morgan fingerprint density at radius 1 is 1.27 bits per heavy atom. The molecule has 1 aromatic rings. The molecule has 1 amide bonds. The normalized spacial score (nSPS) is 17.8. The predicted octanol–water partition coefficient (Wildman–Crippen LogP) is 3.70. The van der Waals surface area contributed by atoms with Crippen LogP contribution in [0.1, 0.15) is 29.9 Å². The summed E-state index contributed by atoms with van der Waals surface area (Å²) in [5, 5.41) is 18.2. The Morgan fingerprint density at radius 2 is 1.82 bits per heavy atom. The van der Waals surface area contributed by atoms with Gasteiger partial charge in [-0.15, -0.1) is 0 Å². The molecule has 0 aliphatic carbocycles. The van der Waals surface area contributed by atoms with Crippen LogP contribution in [0.3, 0.4) is 0 Å². The van der Waals surface area contributed by atoms with E-state index in [4.69, 9.17) is 5.11 Å². The van der Waals surface area contributed by atoms with Crippen molar-refractivity contribution in [3.63, 3.8) is 0 Å². The largest absolute Gasteiger partial charge is 0.465 e. The van der Waals surface area contributed by atoms with Crippen LogP contribution in [-0.4, -0.2) is 29.2 Å². The van der Waals surface area contributed by atoms with Crippen LogP contribution >= 0.6 is 0 Å². The first-order valence-electron chi connectivity index (χ1n) is 6.87. The second kappa shape index (κ2) is 6.26. The van der Waals surface area contributed by atoms with Gasteiger partial charge < -0.3 is 10.0 Å². The van der Waals surface area contributed by atoms with E-state index < -0.39 is 23.8 Å². The highest BCUT2D eigenvalue weighted by Crippen LogP contribution is 2.34. The lowest BCUT2D eigenvalue weighted by atomic mass is 9.81. The van der Waals surface area contributed by atoms with E-state index in [1.807, 2.05) is 0 Å². The lowest BCUT2D eigenvalue weighted by Crippen LogP contribution is -2.38. The van der Waals surface area contributed by atoms with Gasteiger partial charge in [-0.2, -0.15) is 18.4 Å². The highest BCUT2D eigenvalue weighted by atomic mass is 19.4. The Hall–Kier alpha value is -2.23. The number of carbonyl (C=O) groups is 1. The molecule has 1 aliphatic heterocycles. The van der Waals surface area contributed by atoms with Crippen molar-refractivity contribution in [2.24, 2.45) is 5.92 Å². The first kappa shape index (κ1) is 16.1. The molecule has 1 aliphatic rings. The molecule has 118 valence electrons. The van der Waals surface area contributed by atoms with Gasteiger partial charge in [-0.05, 0) is 36.5 Å². The molecule has 0 spiro atoms. The summed E-state index contributed by atoms with van der Waals surface area (Å²) in [6, 6.07) is 6.77. The van der Waals surface area contributed by atoms with E-state index in [-0.39, 0.29) is 5.92 Å². The van der Waals surface area contributed by atoms with Gasteiger partial charge in [-0.1, -0.05) is 12.1 Å². The number of hydrogen-bond donors (Lipinski definition) is 1. The maximum atomic E-state index is 12.5. The Balaban J connectivity index is 2.10. The molecular formula is C15H15F3N2O2. The van der Waals surface area contributed by atoms with Gasteiger partial charge in [0.1, 0.15) is 0 Å². The second-order valence-electron chi connectivity index (χ2n) is 5.33. The average molecular weight is 312 g/mol. The molecule has 1 fully saturated rings. The molecule has 1 saturated heterocycles. The van der Waals surface area contributed by atoms with E-state index in [1.165, 1.54) is 17.0 Å². The Morgan fingerprint density at radius 3 is 2.23 bits per heavy atom. The summed E-state index contributed by atoms with van der Waals surface area (Å²) in [6.07, 6.45) is -4.31. The highest BCUT2D eigenvalue weighted by molar-refractivity contribution is 5.65. The maximum Gasteiger partial charge on any atom is 0.416 e. The number of carboxylic acid groups (broad SMARTS) is 1. The van der Waals surface area contributed by atoms with E-state index in [9.17, 15) is 23.2 Å². The average Bonchev–Trinajstić information content (AvgIpc) is 2.48. The zero-order chi connectivity index (χ0) is 16.3. The molecule has 1 heterocycles. The van der Waals surface area contributed by atoms with Crippen LogP contribution in [0.4, 0.5) is 18.0 Å². The number of piperidine rings is 1. The van der Waals surface area contributed by atoms with Crippen molar-refractivity contribution in [1.82, 2.24) is 4.90 Å². The molecule has 0 aromatic heterocycles. The van der Waals surface area contributed by atoms with Crippen molar-refractivity contribution < 1.29 is 23.1 Å². The molecular weight excluding hydrogens is 297 g/mol. The van der Waals surface area contributed by atoms with Gasteiger partial charge in [0.25, 0.3) is 0 Å². The lowest BCUT2D eigenvalue weighted by molar-refractivity contribution is -0.137. The third-order valence-corrected chi connectivity index (χ3v) is 4.02. The van der Waals surface area contributed by atoms with Crippen molar-refractivity contribution in [2.75, 3.05) is 13.1 Å². The molecule has 0 bridgehead atoms. The first-order valence-corrected chi connectivity index (χ1v) is 6.87. The minimum Gasteiger partial charge on any atom is -0.465 e. The van der Waals surface area contributed by atoms with Gasteiger partial charge in [-0.3, -0.25) is 0 Å². The Kier molecular flexibility index (Phi) is 4.59. The molecule has 0 saturated carbocycles. The molecule has 1 N–H and O–H groups in total. The summed E-state index contributed by atoms with van der Waals surface area (Å²) >= 11 is 0.